The van der Waals surface area contributed by atoms with Crippen molar-refractivity contribution in [2.45, 2.75) is 27.7 Å². The molecule has 0 nitrogen and oxygen atoms in total. The van der Waals surface area contributed by atoms with Crippen LogP contribution in [0.2, 0.25) is 0 Å². The van der Waals surface area contributed by atoms with Crippen molar-refractivity contribution < 1.29 is 0 Å². The summed E-state index contributed by atoms with van der Waals surface area (Å²) in [5, 5.41) is 0. The molecule has 0 rings (SSSR count). The summed E-state index contributed by atoms with van der Waals surface area (Å²) in [6.45, 7) is 0. The lowest BCUT2D eigenvalue weighted by atomic mass is 10.6. The predicted octanol–water partition coefficient (Wildman–Crippen LogP) is 6.56. The molecule has 7 heteroatoms. The fraction of sp³-hybridized carbons (Fsp3) is 1.00. The quantitative estimate of drug-likeness (QED) is 0.177. The molecule has 0 saturated heterocycles. The first kappa shape index (κ1) is 30.2. The van der Waals surface area contributed by atoms with Crippen molar-refractivity contribution in [2.24, 2.45) is 0 Å². The monoisotopic (exact) mass is 454 g/mol. The van der Waals surface area contributed by atoms with E-state index in [1.54, 1.807) is 0 Å². The maximum absolute atomic E-state index is 4.22. The average Bonchev–Trinajstić information content (AvgIpc) is 2.50. The molecule has 144 valence electrons. The highest BCUT2D eigenvalue weighted by molar-refractivity contribution is 8.03. The molecule has 0 amide bonds. The van der Waals surface area contributed by atoms with Crippen LogP contribution in [0.25, 0.3) is 0 Å². The molecule has 0 atom stereocenters. The van der Waals surface area contributed by atoms with E-state index in [1.165, 1.54) is 70.4 Å². The maximum atomic E-state index is 4.22. The summed E-state index contributed by atoms with van der Waals surface area (Å²) in [5.74, 6) is 15.0. The van der Waals surface area contributed by atoms with Crippen LogP contribution in [0.5, 0.6) is 0 Å². The highest BCUT2D eigenvalue weighted by Gasteiger charge is 1.94. The van der Waals surface area contributed by atoms with Gasteiger partial charge in [0.05, 0.1) is 0 Å². The molecular weight excluding hydrogens is 417 g/mol. The lowest BCUT2D eigenvalue weighted by Gasteiger charge is -2.03. The van der Waals surface area contributed by atoms with Gasteiger partial charge in [0.2, 0.25) is 0 Å². The van der Waals surface area contributed by atoms with Gasteiger partial charge in [-0.3, -0.25) is 0 Å². The SMILES string of the molecule is C.C.SCCSCCSCCCSCCCSCCSCCS. The molecule has 0 saturated carbocycles. The third-order valence-electron chi connectivity index (χ3n) is 2.37. The number of thiol groups is 2. The lowest BCUT2D eigenvalue weighted by Crippen LogP contribution is -1.93. The normalized spacial score (nSPS) is 10.2. The first-order valence-corrected chi connectivity index (χ1v) is 14.6. The Morgan fingerprint density at radius 3 is 0.957 bits per heavy atom. The van der Waals surface area contributed by atoms with E-state index < -0.39 is 0 Å². The second kappa shape index (κ2) is 29.2. The van der Waals surface area contributed by atoms with Crippen LogP contribution in [0, 0.1) is 0 Å². The van der Waals surface area contributed by atoms with Gasteiger partial charge in [-0.1, -0.05) is 14.9 Å². The zero-order chi connectivity index (χ0) is 15.4. The molecule has 0 fully saturated rings. The molecule has 0 unspecified atom stereocenters. The largest absolute Gasteiger partial charge is 0.179 e. The molecule has 0 N–H and O–H groups in total. The third-order valence-corrected chi connectivity index (χ3v) is 9.21. The fourth-order valence-electron chi connectivity index (χ4n) is 1.40. The van der Waals surface area contributed by atoms with Gasteiger partial charge in [-0.05, 0) is 47.4 Å². The van der Waals surface area contributed by atoms with Gasteiger partial charge >= 0.3 is 0 Å². The molecule has 0 aliphatic carbocycles. The predicted molar refractivity (Wildman–Crippen MR) is 137 cm³/mol. The first-order chi connectivity index (χ1) is 10.4. The Hall–Kier alpha value is 2.45. The van der Waals surface area contributed by atoms with Crippen LogP contribution in [0.4, 0.5) is 0 Å². The first-order valence-electron chi connectivity index (χ1n) is 7.52. The van der Waals surface area contributed by atoms with Crippen molar-refractivity contribution in [3.63, 3.8) is 0 Å². The Kier molecular flexibility index (Phi) is 38.4. The number of hydrogen-bond donors (Lipinski definition) is 2. The van der Waals surface area contributed by atoms with Crippen molar-refractivity contribution in [3.05, 3.63) is 0 Å². The van der Waals surface area contributed by atoms with E-state index in [9.17, 15) is 0 Å². The molecule has 0 aliphatic heterocycles. The van der Waals surface area contributed by atoms with Gasteiger partial charge in [0.15, 0.2) is 0 Å². The highest BCUT2D eigenvalue weighted by Crippen LogP contribution is 2.13. The van der Waals surface area contributed by atoms with Crippen LogP contribution in [-0.4, -0.2) is 69.0 Å². The Bertz CT molecular complexity index is 164. The van der Waals surface area contributed by atoms with E-state index in [4.69, 9.17) is 0 Å². The minimum atomic E-state index is 0. The highest BCUT2D eigenvalue weighted by atomic mass is 32.2. The summed E-state index contributed by atoms with van der Waals surface area (Å²) in [5.41, 5.74) is 0. The zero-order valence-corrected chi connectivity index (χ0v) is 18.7. The van der Waals surface area contributed by atoms with Gasteiger partial charge in [-0.15, -0.1) is 0 Å². The lowest BCUT2D eigenvalue weighted by molar-refractivity contribution is 1.09. The minimum absolute atomic E-state index is 0. The molecule has 23 heavy (non-hydrogen) atoms. The second-order valence-electron chi connectivity index (χ2n) is 4.22. The standard InChI is InChI=1S/C14H30S7.2CH4/c15-3-9-20-13-11-18-7-1-5-17-6-2-8-19-12-14-21-10-4-16;;/h15-16H,1-14H2;2*1H4. The molecule has 0 aromatic carbocycles. The van der Waals surface area contributed by atoms with E-state index in [-0.39, 0.29) is 14.9 Å². The van der Waals surface area contributed by atoms with Crippen molar-refractivity contribution in [2.75, 3.05) is 69.0 Å². The molecule has 0 heterocycles. The summed E-state index contributed by atoms with van der Waals surface area (Å²) >= 11 is 18.9. The van der Waals surface area contributed by atoms with Crippen LogP contribution in [0.3, 0.4) is 0 Å². The molecular formula is C16H38S7. The number of thioether (sulfide) groups is 5. The van der Waals surface area contributed by atoms with Crippen molar-refractivity contribution in [3.8, 4) is 0 Å². The molecule has 0 radical (unpaired) electrons. The van der Waals surface area contributed by atoms with Gasteiger partial charge in [-0.25, -0.2) is 0 Å². The Balaban J connectivity index is -0.00000200. The topological polar surface area (TPSA) is 0 Å². The molecule has 0 spiro atoms. The Labute approximate surface area is 179 Å². The Morgan fingerprint density at radius 1 is 0.391 bits per heavy atom. The van der Waals surface area contributed by atoms with E-state index in [0.717, 1.165) is 11.5 Å². The van der Waals surface area contributed by atoms with E-state index in [0.29, 0.717) is 0 Å². The average molecular weight is 455 g/mol. The summed E-state index contributed by atoms with van der Waals surface area (Å²) in [6, 6.07) is 0. The smallest absolute Gasteiger partial charge is 0.00238 e. The summed E-state index contributed by atoms with van der Waals surface area (Å²) in [4.78, 5) is 0. The van der Waals surface area contributed by atoms with Gasteiger partial charge in [0.1, 0.15) is 0 Å². The minimum Gasteiger partial charge on any atom is -0.179 e. The molecule has 0 aromatic heterocycles. The zero-order valence-electron chi connectivity index (χ0n) is 12.8. The van der Waals surface area contributed by atoms with Crippen molar-refractivity contribution in [1.29, 1.82) is 0 Å². The van der Waals surface area contributed by atoms with Crippen molar-refractivity contribution in [1.82, 2.24) is 0 Å². The van der Waals surface area contributed by atoms with Gasteiger partial charge < -0.3 is 0 Å². The van der Waals surface area contributed by atoms with Gasteiger partial charge in [-0.2, -0.15) is 84.1 Å². The summed E-state index contributed by atoms with van der Waals surface area (Å²) in [6.07, 6.45) is 2.75. The van der Waals surface area contributed by atoms with Gasteiger partial charge in [0.25, 0.3) is 0 Å². The number of hydrogen-bond acceptors (Lipinski definition) is 7. The van der Waals surface area contributed by atoms with Crippen LogP contribution < -0.4 is 0 Å². The second-order valence-corrected chi connectivity index (χ2v) is 11.2. The maximum Gasteiger partial charge on any atom is 0.00238 e. The van der Waals surface area contributed by atoms with Crippen LogP contribution in [0.1, 0.15) is 27.7 Å². The molecule has 0 aliphatic rings. The molecule has 0 aromatic rings. The summed E-state index contributed by atoms with van der Waals surface area (Å²) < 4.78 is 0. The van der Waals surface area contributed by atoms with E-state index in [1.807, 2.05) is 23.5 Å². The van der Waals surface area contributed by atoms with E-state index in [2.05, 4.69) is 60.5 Å². The third kappa shape index (κ3) is 29.5. The van der Waals surface area contributed by atoms with Crippen molar-refractivity contribution >= 4 is 84.1 Å². The van der Waals surface area contributed by atoms with Gasteiger partial charge in [0, 0.05) is 34.5 Å². The van der Waals surface area contributed by atoms with Crippen LogP contribution >= 0.6 is 84.1 Å². The fourth-order valence-corrected chi connectivity index (χ4v) is 7.10. The Morgan fingerprint density at radius 2 is 0.652 bits per heavy atom. The summed E-state index contributed by atoms with van der Waals surface area (Å²) in [7, 11) is 0. The van der Waals surface area contributed by atoms with E-state index >= 15 is 0 Å². The van der Waals surface area contributed by atoms with Crippen LogP contribution in [-0.2, 0) is 0 Å². The van der Waals surface area contributed by atoms with Crippen LogP contribution in [0.15, 0.2) is 0 Å². The molecule has 0 bridgehead atoms. The number of rotatable bonds is 18.